The summed E-state index contributed by atoms with van der Waals surface area (Å²) in [5.74, 6) is 1.67. The largest absolute Gasteiger partial charge is 0.463 e. The fraction of sp³-hybridized carbons (Fsp3) is 0.130. The van der Waals surface area contributed by atoms with Crippen LogP contribution in [0.5, 0.6) is 0 Å². The third-order valence-electron chi connectivity index (χ3n) is 4.91. The van der Waals surface area contributed by atoms with E-state index in [0.717, 1.165) is 33.7 Å². The van der Waals surface area contributed by atoms with Gasteiger partial charge in [-0.3, -0.25) is 4.79 Å². The Morgan fingerprint density at radius 1 is 1.04 bits per heavy atom. The lowest BCUT2D eigenvalue weighted by molar-refractivity contribution is 0.0988. The number of benzene rings is 2. The van der Waals surface area contributed by atoms with Crippen molar-refractivity contribution in [3.05, 3.63) is 78.6 Å². The summed E-state index contributed by atoms with van der Waals surface area (Å²) in [7, 11) is 0. The first-order valence-corrected chi connectivity index (χ1v) is 10.3. The summed E-state index contributed by atoms with van der Waals surface area (Å²) in [6, 6.07) is 21.5. The number of nitrogens with zero attached hydrogens (tertiary/aromatic N) is 2. The molecular weight excluding hydrogens is 368 g/mol. The van der Waals surface area contributed by atoms with Crippen molar-refractivity contribution in [2.75, 3.05) is 17.2 Å². The first-order valence-electron chi connectivity index (χ1n) is 9.28. The number of para-hydroxylation sites is 2. The van der Waals surface area contributed by atoms with E-state index in [-0.39, 0.29) is 5.91 Å². The number of thioether (sulfide) groups is 1. The number of carbonyl (C=O) groups excluding carboxylic acids is 1. The third-order valence-corrected chi connectivity index (χ3v) is 6.05. The van der Waals surface area contributed by atoms with Crippen LogP contribution in [-0.2, 0) is 0 Å². The van der Waals surface area contributed by atoms with E-state index in [4.69, 9.17) is 9.40 Å². The van der Waals surface area contributed by atoms with Crippen molar-refractivity contribution >= 4 is 34.3 Å². The summed E-state index contributed by atoms with van der Waals surface area (Å²) in [4.78, 5) is 21.5. The fourth-order valence-corrected chi connectivity index (χ4v) is 4.58. The molecule has 1 aliphatic heterocycles. The second-order valence-electron chi connectivity index (χ2n) is 6.68. The molecule has 0 aliphatic carbocycles. The van der Waals surface area contributed by atoms with Crippen LogP contribution in [0, 0.1) is 0 Å². The molecule has 4 nitrogen and oxygen atoms in total. The minimum atomic E-state index is 0.00126. The zero-order valence-corrected chi connectivity index (χ0v) is 16.0. The van der Waals surface area contributed by atoms with Crippen LogP contribution in [0.2, 0.25) is 0 Å². The quantitative estimate of drug-likeness (QED) is 0.447. The average molecular weight is 386 g/mol. The van der Waals surface area contributed by atoms with E-state index < -0.39 is 0 Å². The Morgan fingerprint density at radius 3 is 2.79 bits per heavy atom. The van der Waals surface area contributed by atoms with Gasteiger partial charge >= 0.3 is 0 Å². The van der Waals surface area contributed by atoms with Crippen molar-refractivity contribution in [3.63, 3.8) is 0 Å². The lowest BCUT2D eigenvalue weighted by Gasteiger charge is -2.23. The van der Waals surface area contributed by atoms with Gasteiger partial charge < -0.3 is 9.32 Å². The van der Waals surface area contributed by atoms with Gasteiger partial charge in [-0.05, 0) is 48.6 Å². The van der Waals surface area contributed by atoms with Crippen molar-refractivity contribution in [2.24, 2.45) is 0 Å². The van der Waals surface area contributed by atoms with Crippen molar-refractivity contribution in [3.8, 4) is 11.5 Å². The summed E-state index contributed by atoms with van der Waals surface area (Å²) in [5, 5.41) is 0.859. The highest BCUT2D eigenvalue weighted by Gasteiger charge is 2.25. The molecule has 2 aromatic heterocycles. The highest BCUT2D eigenvalue weighted by atomic mass is 32.2. The van der Waals surface area contributed by atoms with Crippen molar-refractivity contribution in [1.29, 1.82) is 0 Å². The van der Waals surface area contributed by atoms with Gasteiger partial charge in [0.2, 0.25) is 0 Å². The van der Waals surface area contributed by atoms with Crippen molar-refractivity contribution < 1.29 is 9.21 Å². The molecule has 0 atom stereocenters. The van der Waals surface area contributed by atoms with Gasteiger partial charge in [0.15, 0.2) is 5.76 Å². The number of furan rings is 1. The monoisotopic (exact) mass is 386 g/mol. The van der Waals surface area contributed by atoms with Gasteiger partial charge in [-0.2, -0.15) is 0 Å². The molecule has 2 aromatic carbocycles. The normalized spacial score (nSPS) is 13.9. The van der Waals surface area contributed by atoms with Crippen LogP contribution < -0.4 is 4.90 Å². The van der Waals surface area contributed by atoms with E-state index in [0.29, 0.717) is 23.6 Å². The van der Waals surface area contributed by atoms with E-state index in [1.807, 2.05) is 77.3 Å². The molecule has 0 spiro atoms. The van der Waals surface area contributed by atoms with Gasteiger partial charge in [-0.25, -0.2) is 4.98 Å². The molecule has 3 heterocycles. The van der Waals surface area contributed by atoms with E-state index in [9.17, 15) is 4.79 Å². The molecule has 138 valence electrons. The average Bonchev–Trinajstić information content (AvgIpc) is 3.20. The predicted octanol–water partition coefficient (Wildman–Crippen LogP) is 5.64. The van der Waals surface area contributed by atoms with Gasteiger partial charge in [0.25, 0.3) is 5.91 Å². The van der Waals surface area contributed by atoms with Crippen molar-refractivity contribution in [2.45, 2.75) is 11.3 Å². The highest BCUT2D eigenvalue weighted by Crippen LogP contribution is 2.35. The minimum Gasteiger partial charge on any atom is -0.463 e. The molecule has 28 heavy (non-hydrogen) atoms. The number of aromatic nitrogens is 1. The van der Waals surface area contributed by atoms with Crippen molar-refractivity contribution in [1.82, 2.24) is 4.98 Å². The summed E-state index contributed by atoms with van der Waals surface area (Å²) >= 11 is 1.81. The smallest absolute Gasteiger partial charge is 0.259 e. The molecule has 0 unspecified atom stereocenters. The Bertz CT molecular complexity index is 1150. The van der Waals surface area contributed by atoms with Crippen LogP contribution in [0.15, 0.2) is 82.3 Å². The first kappa shape index (κ1) is 17.1. The van der Waals surface area contributed by atoms with E-state index in [1.54, 1.807) is 6.26 Å². The summed E-state index contributed by atoms with van der Waals surface area (Å²) < 4.78 is 5.53. The molecule has 0 bridgehead atoms. The number of pyridine rings is 1. The van der Waals surface area contributed by atoms with Crippen LogP contribution in [0.1, 0.15) is 16.8 Å². The third kappa shape index (κ3) is 2.98. The number of carbonyl (C=O) groups is 1. The molecule has 0 fully saturated rings. The molecule has 5 rings (SSSR count). The Labute approximate surface area is 167 Å². The predicted molar refractivity (Wildman–Crippen MR) is 113 cm³/mol. The second kappa shape index (κ2) is 7.17. The number of hydrogen-bond donors (Lipinski definition) is 0. The van der Waals surface area contributed by atoms with Crippen LogP contribution in [-0.4, -0.2) is 23.2 Å². The highest BCUT2D eigenvalue weighted by molar-refractivity contribution is 7.99. The summed E-state index contributed by atoms with van der Waals surface area (Å²) in [6.07, 6.45) is 2.58. The number of amides is 1. The first-order chi connectivity index (χ1) is 13.8. The zero-order valence-electron chi connectivity index (χ0n) is 15.2. The van der Waals surface area contributed by atoms with Crippen LogP contribution >= 0.6 is 11.8 Å². The van der Waals surface area contributed by atoms with Gasteiger partial charge in [-0.1, -0.05) is 30.3 Å². The standard InChI is InChI=1S/C23H18N2O2S/c26-23(25-12-6-14-28-22-11-4-3-9-20(22)25)17-15-19(21-10-5-13-27-21)24-18-8-2-1-7-16(17)18/h1-5,7-11,13,15H,6,12,14H2. The zero-order chi connectivity index (χ0) is 18.9. The fourth-order valence-electron chi connectivity index (χ4n) is 3.59. The van der Waals surface area contributed by atoms with Crippen LogP contribution in [0.3, 0.4) is 0 Å². The van der Waals surface area contributed by atoms with E-state index in [1.165, 1.54) is 0 Å². The Morgan fingerprint density at radius 2 is 1.89 bits per heavy atom. The lowest BCUT2D eigenvalue weighted by Crippen LogP contribution is -2.32. The maximum absolute atomic E-state index is 13.7. The molecule has 4 aromatic rings. The van der Waals surface area contributed by atoms with Gasteiger partial charge in [-0.15, -0.1) is 11.8 Å². The second-order valence-corrected chi connectivity index (χ2v) is 7.81. The number of fused-ring (bicyclic) bond motifs is 2. The van der Waals surface area contributed by atoms with Crippen LogP contribution in [0.4, 0.5) is 5.69 Å². The molecule has 0 radical (unpaired) electrons. The van der Waals surface area contributed by atoms with Crippen LogP contribution in [0.25, 0.3) is 22.4 Å². The topological polar surface area (TPSA) is 46.3 Å². The lowest BCUT2D eigenvalue weighted by atomic mass is 10.0. The van der Waals surface area contributed by atoms with E-state index >= 15 is 0 Å². The SMILES string of the molecule is O=C(c1cc(-c2ccco2)nc2ccccc12)N1CCCSc2ccccc21. The number of anilines is 1. The summed E-state index contributed by atoms with van der Waals surface area (Å²) in [6.45, 7) is 0.704. The maximum Gasteiger partial charge on any atom is 0.259 e. The Hall–Kier alpha value is -3.05. The molecule has 0 N–H and O–H groups in total. The Balaban J connectivity index is 1.67. The molecule has 0 saturated heterocycles. The Kier molecular flexibility index (Phi) is 4.37. The summed E-state index contributed by atoms with van der Waals surface area (Å²) in [5.41, 5.74) is 3.09. The molecule has 1 amide bonds. The van der Waals surface area contributed by atoms with E-state index in [2.05, 4.69) is 6.07 Å². The van der Waals surface area contributed by atoms with Gasteiger partial charge in [0, 0.05) is 16.8 Å². The van der Waals surface area contributed by atoms with Gasteiger partial charge in [0.1, 0.15) is 5.69 Å². The molecule has 1 aliphatic rings. The maximum atomic E-state index is 13.7. The number of rotatable bonds is 2. The molecule has 5 heteroatoms. The molecule has 0 saturated carbocycles. The minimum absolute atomic E-state index is 0.00126. The van der Waals surface area contributed by atoms with Gasteiger partial charge in [0.05, 0.1) is 23.0 Å². The molecular formula is C23H18N2O2S. The number of hydrogen-bond acceptors (Lipinski definition) is 4.